The van der Waals surface area contributed by atoms with Crippen LogP contribution in [0.2, 0.25) is 0 Å². The summed E-state index contributed by atoms with van der Waals surface area (Å²) in [6, 6.07) is 11.5. The zero-order chi connectivity index (χ0) is 16.1. The Morgan fingerprint density at radius 3 is 2.52 bits per heavy atom. The van der Waals surface area contributed by atoms with Crippen molar-refractivity contribution in [3.05, 3.63) is 54.4 Å². The molecule has 1 amide bonds. The Hall–Kier alpha value is -2.18. The van der Waals surface area contributed by atoms with E-state index in [0.29, 0.717) is 26.2 Å². The molecule has 0 saturated carbocycles. The summed E-state index contributed by atoms with van der Waals surface area (Å²) >= 11 is 0. The molecule has 6 nitrogen and oxygen atoms in total. The average Bonchev–Trinajstić information content (AvgIpc) is 3.09. The third kappa shape index (κ3) is 4.18. The van der Waals surface area contributed by atoms with Gasteiger partial charge < -0.3 is 10.0 Å². The molecule has 3 rings (SSSR count). The Labute approximate surface area is 135 Å². The van der Waals surface area contributed by atoms with E-state index in [2.05, 4.69) is 10.00 Å². The molecule has 1 aromatic carbocycles. The molecule has 0 bridgehead atoms. The maximum absolute atomic E-state index is 12.2. The molecule has 1 N–H and O–H groups in total. The first-order valence-electron chi connectivity index (χ1n) is 7.93. The molecule has 6 heteroatoms. The van der Waals surface area contributed by atoms with Crippen LogP contribution in [0.3, 0.4) is 0 Å². The second kappa shape index (κ2) is 7.39. The van der Waals surface area contributed by atoms with Crippen molar-refractivity contribution in [2.75, 3.05) is 32.7 Å². The summed E-state index contributed by atoms with van der Waals surface area (Å²) in [4.78, 5) is 16.3. The first-order chi connectivity index (χ1) is 11.2. The molecule has 2 aromatic rings. The van der Waals surface area contributed by atoms with Crippen LogP contribution in [-0.4, -0.2) is 63.3 Å². The molecule has 2 heterocycles. The standard InChI is InChI=1S/C17H22N4O2/c22-16(15-5-2-1-3-6-15)13-19-9-11-20(12-10-19)17(23)14-21-8-4-7-18-21/h1-8,16,22H,9-14H2. The predicted octanol–water partition coefficient (Wildman–Crippen LogP) is 0.761. The van der Waals surface area contributed by atoms with Gasteiger partial charge in [-0.1, -0.05) is 30.3 Å². The quantitative estimate of drug-likeness (QED) is 0.885. The number of aliphatic hydroxyl groups is 1. The molecule has 0 spiro atoms. The number of piperazine rings is 1. The summed E-state index contributed by atoms with van der Waals surface area (Å²) in [5.41, 5.74) is 0.935. The summed E-state index contributed by atoms with van der Waals surface area (Å²) in [6.45, 7) is 3.86. The Bertz CT molecular complexity index is 607. The van der Waals surface area contributed by atoms with E-state index < -0.39 is 6.10 Å². The summed E-state index contributed by atoms with van der Waals surface area (Å²) < 4.78 is 1.65. The number of rotatable bonds is 5. The summed E-state index contributed by atoms with van der Waals surface area (Å²) in [7, 11) is 0. The maximum atomic E-state index is 12.2. The third-order valence-corrected chi connectivity index (χ3v) is 4.20. The molecular weight excluding hydrogens is 292 g/mol. The van der Waals surface area contributed by atoms with Crippen LogP contribution in [0.25, 0.3) is 0 Å². The molecule has 1 aliphatic rings. The minimum Gasteiger partial charge on any atom is -0.387 e. The second-order valence-electron chi connectivity index (χ2n) is 5.81. The first kappa shape index (κ1) is 15.7. The highest BCUT2D eigenvalue weighted by atomic mass is 16.3. The molecule has 1 unspecified atom stereocenters. The number of aromatic nitrogens is 2. The number of β-amino-alcohol motifs (C(OH)–C–C–N with tert-alkyl or cyclic N) is 1. The fourth-order valence-corrected chi connectivity index (χ4v) is 2.84. The van der Waals surface area contributed by atoms with Crippen molar-refractivity contribution in [1.29, 1.82) is 0 Å². The van der Waals surface area contributed by atoms with Gasteiger partial charge in [-0.15, -0.1) is 0 Å². The predicted molar refractivity (Wildman–Crippen MR) is 86.6 cm³/mol. The Balaban J connectivity index is 1.46. The maximum Gasteiger partial charge on any atom is 0.244 e. The van der Waals surface area contributed by atoms with Crippen molar-refractivity contribution < 1.29 is 9.90 Å². The molecule has 122 valence electrons. The van der Waals surface area contributed by atoms with Crippen LogP contribution in [0.5, 0.6) is 0 Å². The average molecular weight is 314 g/mol. The van der Waals surface area contributed by atoms with Gasteiger partial charge in [0.2, 0.25) is 5.91 Å². The van der Waals surface area contributed by atoms with E-state index in [1.165, 1.54) is 0 Å². The van der Waals surface area contributed by atoms with Crippen molar-refractivity contribution in [3.8, 4) is 0 Å². The SMILES string of the molecule is O=C(Cn1cccn1)N1CCN(CC(O)c2ccccc2)CC1. The number of carbonyl (C=O) groups excluding carboxylic acids is 1. The minimum absolute atomic E-state index is 0.0944. The van der Waals surface area contributed by atoms with Crippen molar-refractivity contribution in [2.24, 2.45) is 0 Å². The van der Waals surface area contributed by atoms with Gasteiger partial charge in [-0.25, -0.2) is 0 Å². The van der Waals surface area contributed by atoms with Crippen LogP contribution in [0.1, 0.15) is 11.7 Å². The van der Waals surface area contributed by atoms with Crippen LogP contribution in [0, 0.1) is 0 Å². The molecule has 1 atom stereocenters. The Kier molecular flexibility index (Phi) is 5.05. The van der Waals surface area contributed by atoms with E-state index in [-0.39, 0.29) is 5.91 Å². The van der Waals surface area contributed by atoms with Gasteiger partial charge in [-0.2, -0.15) is 5.10 Å². The Morgan fingerprint density at radius 2 is 1.87 bits per heavy atom. The fraction of sp³-hybridized carbons (Fsp3) is 0.412. The lowest BCUT2D eigenvalue weighted by Crippen LogP contribution is -2.50. The number of aliphatic hydroxyl groups excluding tert-OH is 1. The number of hydrogen-bond donors (Lipinski definition) is 1. The number of carbonyl (C=O) groups is 1. The number of hydrogen-bond acceptors (Lipinski definition) is 4. The minimum atomic E-state index is -0.484. The number of benzene rings is 1. The van der Waals surface area contributed by atoms with Gasteiger partial charge in [-0.3, -0.25) is 14.4 Å². The zero-order valence-electron chi connectivity index (χ0n) is 13.1. The second-order valence-corrected chi connectivity index (χ2v) is 5.81. The summed E-state index contributed by atoms with van der Waals surface area (Å²) in [5, 5.41) is 14.3. The number of nitrogens with zero attached hydrogens (tertiary/aromatic N) is 4. The van der Waals surface area contributed by atoms with Crippen LogP contribution >= 0.6 is 0 Å². The van der Waals surface area contributed by atoms with Crippen LogP contribution in [0.15, 0.2) is 48.8 Å². The highest BCUT2D eigenvalue weighted by Gasteiger charge is 2.23. The molecule has 1 saturated heterocycles. The normalized spacial score (nSPS) is 17.2. The number of amides is 1. The van der Waals surface area contributed by atoms with Gasteiger partial charge >= 0.3 is 0 Å². The van der Waals surface area contributed by atoms with Crippen LogP contribution in [-0.2, 0) is 11.3 Å². The zero-order valence-corrected chi connectivity index (χ0v) is 13.1. The summed E-state index contributed by atoms with van der Waals surface area (Å²) in [6.07, 6.45) is 2.99. The topological polar surface area (TPSA) is 61.6 Å². The molecule has 0 radical (unpaired) electrons. The monoisotopic (exact) mass is 314 g/mol. The van der Waals surface area contributed by atoms with Crippen molar-refractivity contribution >= 4 is 5.91 Å². The molecule has 0 aliphatic carbocycles. The first-order valence-corrected chi connectivity index (χ1v) is 7.93. The molecule has 1 fully saturated rings. The van der Waals surface area contributed by atoms with E-state index in [1.54, 1.807) is 17.1 Å². The van der Waals surface area contributed by atoms with Crippen molar-refractivity contribution in [2.45, 2.75) is 12.6 Å². The van der Waals surface area contributed by atoms with E-state index in [0.717, 1.165) is 18.7 Å². The van der Waals surface area contributed by atoms with Gasteiger partial charge in [0.25, 0.3) is 0 Å². The van der Waals surface area contributed by atoms with Crippen molar-refractivity contribution in [3.63, 3.8) is 0 Å². The van der Waals surface area contributed by atoms with Gasteiger partial charge in [0.05, 0.1) is 6.10 Å². The highest BCUT2D eigenvalue weighted by molar-refractivity contribution is 5.76. The smallest absolute Gasteiger partial charge is 0.244 e. The van der Waals surface area contributed by atoms with Gasteiger partial charge in [-0.05, 0) is 11.6 Å². The molecule has 1 aromatic heterocycles. The summed E-state index contributed by atoms with van der Waals surface area (Å²) in [5.74, 6) is 0.0944. The molecule has 23 heavy (non-hydrogen) atoms. The lowest BCUT2D eigenvalue weighted by Gasteiger charge is -2.35. The fourth-order valence-electron chi connectivity index (χ4n) is 2.84. The van der Waals surface area contributed by atoms with Crippen LogP contribution in [0.4, 0.5) is 0 Å². The van der Waals surface area contributed by atoms with E-state index in [1.807, 2.05) is 41.3 Å². The largest absolute Gasteiger partial charge is 0.387 e. The highest BCUT2D eigenvalue weighted by Crippen LogP contribution is 2.15. The van der Waals surface area contributed by atoms with Gasteiger partial charge in [0.1, 0.15) is 6.54 Å². The van der Waals surface area contributed by atoms with Gasteiger partial charge in [0.15, 0.2) is 0 Å². The van der Waals surface area contributed by atoms with Crippen molar-refractivity contribution in [1.82, 2.24) is 19.6 Å². The van der Waals surface area contributed by atoms with Gasteiger partial charge in [0, 0.05) is 45.1 Å². The Morgan fingerprint density at radius 1 is 1.13 bits per heavy atom. The van der Waals surface area contributed by atoms with E-state index in [4.69, 9.17) is 0 Å². The van der Waals surface area contributed by atoms with E-state index in [9.17, 15) is 9.90 Å². The lowest BCUT2D eigenvalue weighted by molar-refractivity contribution is -0.133. The van der Waals surface area contributed by atoms with E-state index >= 15 is 0 Å². The third-order valence-electron chi connectivity index (χ3n) is 4.20. The molecular formula is C17H22N4O2. The molecule has 1 aliphatic heterocycles. The lowest BCUT2D eigenvalue weighted by atomic mass is 10.1. The van der Waals surface area contributed by atoms with Crippen LogP contribution < -0.4 is 0 Å².